The standard InChI is InChI=1S/C13H24N2O/c1-13(2)7-4-3-5-11(13)12(16)15-10-6-8-14-9-10/h10-11,14H,3-9H2,1-2H3,(H,15,16). The molecule has 2 unspecified atom stereocenters. The molecule has 1 amide bonds. The van der Waals surface area contributed by atoms with Gasteiger partial charge in [0, 0.05) is 18.5 Å². The molecule has 0 radical (unpaired) electrons. The van der Waals surface area contributed by atoms with Crippen molar-refractivity contribution in [2.45, 2.75) is 52.0 Å². The summed E-state index contributed by atoms with van der Waals surface area (Å²) in [4.78, 5) is 12.2. The highest BCUT2D eigenvalue weighted by Gasteiger charge is 2.37. The third-order valence-electron chi connectivity index (χ3n) is 4.23. The first kappa shape index (κ1) is 11.9. The predicted molar refractivity (Wildman–Crippen MR) is 65.2 cm³/mol. The van der Waals surface area contributed by atoms with Gasteiger partial charge in [-0.1, -0.05) is 26.7 Å². The summed E-state index contributed by atoms with van der Waals surface area (Å²) < 4.78 is 0. The van der Waals surface area contributed by atoms with Gasteiger partial charge < -0.3 is 10.6 Å². The number of carbonyl (C=O) groups excluding carboxylic acids is 1. The van der Waals surface area contributed by atoms with Crippen molar-refractivity contribution in [3.8, 4) is 0 Å². The summed E-state index contributed by atoms with van der Waals surface area (Å²) in [5, 5.41) is 6.49. The number of hydrogen-bond acceptors (Lipinski definition) is 2. The molecule has 0 aromatic rings. The summed E-state index contributed by atoms with van der Waals surface area (Å²) in [7, 11) is 0. The average Bonchev–Trinajstić information content (AvgIpc) is 2.69. The van der Waals surface area contributed by atoms with E-state index >= 15 is 0 Å². The summed E-state index contributed by atoms with van der Waals surface area (Å²) >= 11 is 0. The third kappa shape index (κ3) is 2.57. The van der Waals surface area contributed by atoms with Gasteiger partial charge in [-0.3, -0.25) is 4.79 Å². The van der Waals surface area contributed by atoms with E-state index < -0.39 is 0 Å². The van der Waals surface area contributed by atoms with Crippen LogP contribution in [0.5, 0.6) is 0 Å². The predicted octanol–water partition coefficient (Wildman–Crippen LogP) is 1.68. The van der Waals surface area contributed by atoms with E-state index in [0.717, 1.165) is 25.9 Å². The van der Waals surface area contributed by atoms with Gasteiger partial charge in [-0.15, -0.1) is 0 Å². The fourth-order valence-corrected chi connectivity index (χ4v) is 3.06. The summed E-state index contributed by atoms with van der Waals surface area (Å²) in [5.41, 5.74) is 0.189. The van der Waals surface area contributed by atoms with E-state index in [4.69, 9.17) is 0 Å². The number of rotatable bonds is 2. The maximum Gasteiger partial charge on any atom is 0.223 e. The summed E-state index contributed by atoms with van der Waals surface area (Å²) in [5.74, 6) is 0.514. The summed E-state index contributed by atoms with van der Waals surface area (Å²) in [6.07, 6.45) is 5.83. The number of carbonyl (C=O) groups is 1. The molecule has 0 aromatic carbocycles. The molecule has 2 rings (SSSR count). The lowest BCUT2D eigenvalue weighted by Gasteiger charge is -2.38. The third-order valence-corrected chi connectivity index (χ3v) is 4.23. The smallest absolute Gasteiger partial charge is 0.223 e. The van der Waals surface area contributed by atoms with Gasteiger partial charge >= 0.3 is 0 Å². The van der Waals surface area contributed by atoms with Crippen molar-refractivity contribution in [3.63, 3.8) is 0 Å². The van der Waals surface area contributed by atoms with Crippen LogP contribution in [0.25, 0.3) is 0 Å². The zero-order chi connectivity index (χ0) is 11.6. The molecule has 1 saturated heterocycles. The Bertz CT molecular complexity index is 257. The SMILES string of the molecule is CC1(C)CCCCC1C(=O)NC1CCNC1. The maximum atomic E-state index is 12.2. The molecule has 1 saturated carbocycles. The molecule has 1 heterocycles. The zero-order valence-corrected chi connectivity index (χ0v) is 10.5. The minimum absolute atomic E-state index is 0.189. The van der Waals surface area contributed by atoms with Crippen LogP contribution in [0, 0.1) is 11.3 Å². The normalized spacial score (nSPS) is 33.6. The Balaban J connectivity index is 1.91. The van der Waals surface area contributed by atoms with E-state index in [0.29, 0.717) is 11.9 Å². The lowest BCUT2D eigenvalue weighted by Crippen LogP contribution is -2.45. The van der Waals surface area contributed by atoms with Gasteiger partial charge in [-0.2, -0.15) is 0 Å². The number of hydrogen-bond donors (Lipinski definition) is 2. The minimum Gasteiger partial charge on any atom is -0.352 e. The van der Waals surface area contributed by atoms with Gasteiger partial charge in [0.05, 0.1) is 0 Å². The monoisotopic (exact) mass is 224 g/mol. The van der Waals surface area contributed by atoms with E-state index in [1.165, 1.54) is 19.3 Å². The summed E-state index contributed by atoms with van der Waals surface area (Å²) in [6.45, 7) is 6.46. The molecule has 2 aliphatic rings. The Morgan fingerprint density at radius 3 is 2.75 bits per heavy atom. The van der Waals surface area contributed by atoms with E-state index in [2.05, 4.69) is 24.5 Å². The fraction of sp³-hybridized carbons (Fsp3) is 0.923. The lowest BCUT2D eigenvalue weighted by atomic mass is 9.68. The van der Waals surface area contributed by atoms with Crippen molar-refractivity contribution >= 4 is 5.91 Å². The zero-order valence-electron chi connectivity index (χ0n) is 10.5. The molecule has 2 atom stereocenters. The largest absolute Gasteiger partial charge is 0.352 e. The Morgan fingerprint density at radius 1 is 1.31 bits per heavy atom. The average molecular weight is 224 g/mol. The Hall–Kier alpha value is -0.570. The molecule has 16 heavy (non-hydrogen) atoms. The minimum atomic E-state index is 0.189. The quantitative estimate of drug-likeness (QED) is 0.749. The topological polar surface area (TPSA) is 41.1 Å². The van der Waals surface area contributed by atoms with Gasteiger partial charge in [0.1, 0.15) is 0 Å². The second kappa shape index (κ2) is 4.74. The van der Waals surface area contributed by atoms with Crippen LogP contribution in [0.15, 0.2) is 0 Å². The van der Waals surface area contributed by atoms with Crippen molar-refractivity contribution in [1.29, 1.82) is 0 Å². The highest BCUT2D eigenvalue weighted by molar-refractivity contribution is 5.79. The number of amides is 1. The van der Waals surface area contributed by atoms with Gasteiger partial charge in [-0.25, -0.2) is 0 Å². The van der Waals surface area contributed by atoms with E-state index in [1.807, 2.05) is 0 Å². The molecule has 1 aliphatic heterocycles. The van der Waals surface area contributed by atoms with Crippen molar-refractivity contribution in [2.75, 3.05) is 13.1 Å². The van der Waals surface area contributed by atoms with Crippen LogP contribution in [-0.2, 0) is 4.79 Å². The first-order chi connectivity index (χ1) is 7.59. The first-order valence-electron chi connectivity index (χ1n) is 6.61. The van der Waals surface area contributed by atoms with Crippen molar-refractivity contribution < 1.29 is 4.79 Å². The van der Waals surface area contributed by atoms with Crippen LogP contribution in [0.3, 0.4) is 0 Å². The molecular formula is C13H24N2O. The first-order valence-corrected chi connectivity index (χ1v) is 6.61. The Kier molecular flexibility index (Phi) is 3.53. The highest BCUT2D eigenvalue weighted by Crippen LogP contribution is 2.40. The van der Waals surface area contributed by atoms with Crippen molar-refractivity contribution in [2.24, 2.45) is 11.3 Å². The molecular weight excluding hydrogens is 200 g/mol. The van der Waals surface area contributed by atoms with Gasteiger partial charge in [0.2, 0.25) is 5.91 Å². The second-order valence-electron chi connectivity index (χ2n) is 5.99. The molecule has 0 spiro atoms. The second-order valence-corrected chi connectivity index (χ2v) is 5.99. The van der Waals surface area contributed by atoms with Crippen LogP contribution in [-0.4, -0.2) is 25.0 Å². The maximum absolute atomic E-state index is 12.2. The van der Waals surface area contributed by atoms with E-state index in [9.17, 15) is 4.79 Å². The van der Waals surface area contributed by atoms with Gasteiger partial charge in [0.25, 0.3) is 0 Å². The molecule has 2 fully saturated rings. The molecule has 2 N–H and O–H groups in total. The molecule has 0 bridgehead atoms. The molecule has 3 nitrogen and oxygen atoms in total. The molecule has 1 aliphatic carbocycles. The van der Waals surface area contributed by atoms with Gasteiger partial charge in [0.15, 0.2) is 0 Å². The van der Waals surface area contributed by atoms with Crippen molar-refractivity contribution in [1.82, 2.24) is 10.6 Å². The van der Waals surface area contributed by atoms with Crippen LogP contribution >= 0.6 is 0 Å². The van der Waals surface area contributed by atoms with E-state index in [-0.39, 0.29) is 11.3 Å². The molecule has 0 aromatic heterocycles. The van der Waals surface area contributed by atoms with Crippen LogP contribution in [0.2, 0.25) is 0 Å². The Labute approximate surface area is 98.4 Å². The van der Waals surface area contributed by atoms with Crippen LogP contribution < -0.4 is 10.6 Å². The van der Waals surface area contributed by atoms with Crippen molar-refractivity contribution in [3.05, 3.63) is 0 Å². The van der Waals surface area contributed by atoms with Crippen LogP contribution in [0.4, 0.5) is 0 Å². The summed E-state index contributed by atoms with van der Waals surface area (Å²) in [6, 6.07) is 0.366. The number of nitrogens with one attached hydrogen (secondary N) is 2. The Morgan fingerprint density at radius 2 is 2.12 bits per heavy atom. The van der Waals surface area contributed by atoms with Gasteiger partial charge in [-0.05, 0) is 31.2 Å². The lowest BCUT2D eigenvalue weighted by molar-refractivity contribution is -0.130. The molecule has 92 valence electrons. The highest BCUT2D eigenvalue weighted by atomic mass is 16.2. The molecule has 3 heteroatoms. The van der Waals surface area contributed by atoms with E-state index in [1.54, 1.807) is 0 Å². The fourth-order valence-electron chi connectivity index (χ4n) is 3.06. The van der Waals surface area contributed by atoms with Crippen LogP contribution in [0.1, 0.15) is 46.0 Å².